The maximum atomic E-state index is 12.7. The van der Waals surface area contributed by atoms with Crippen molar-refractivity contribution in [3.63, 3.8) is 0 Å². The van der Waals surface area contributed by atoms with E-state index in [0.29, 0.717) is 24.2 Å². The summed E-state index contributed by atoms with van der Waals surface area (Å²) in [6.07, 6.45) is 2.80. The molecule has 7 nitrogen and oxygen atoms in total. The molecule has 1 unspecified atom stereocenters. The fraction of sp³-hybridized carbons (Fsp3) is 0.318. The molecule has 0 spiro atoms. The molecule has 0 radical (unpaired) electrons. The summed E-state index contributed by atoms with van der Waals surface area (Å²) in [5.74, 6) is -1.95. The van der Waals surface area contributed by atoms with Crippen LogP contribution in [0.4, 0.5) is 11.4 Å². The first-order chi connectivity index (χ1) is 14.3. The van der Waals surface area contributed by atoms with E-state index < -0.39 is 11.2 Å². The number of hydrogen-bond acceptors (Lipinski definition) is 5. The van der Waals surface area contributed by atoms with Gasteiger partial charge in [-0.25, -0.2) is 4.79 Å². The van der Waals surface area contributed by atoms with E-state index in [1.54, 1.807) is 6.07 Å². The molecule has 1 atom stereocenters. The Hall–Kier alpha value is -3.00. The first kappa shape index (κ1) is 23.3. The predicted octanol–water partition coefficient (Wildman–Crippen LogP) is 4.73. The van der Waals surface area contributed by atoms with Gasteiger partial charge in [0.05, 0.1) is 5.25 Å². The smallest absolute Gasteiger partial charge is 0.339 e. The molecule has 8 heteroatoms. The van der Waals surface area contributed by atoms with Crippen LogP contribution in [0.15, 0.2) is 47.4 Å². The van der Waals surface area contributed by atoms with Gasteiger partial charge in [-0.3, -0.25) is 9.59 Å². The van der Waals surface area contributed by atoms with Gasteiger partial charge in [-0.2, -0.15) is 0 Å². The lowest BCUT2D eigenvalue weighted by Crippen LogP contribution is -2.24. The molecule has 0 bridgehead atoms. The average molecular weight is 431 g/mol. The third-order valence-corrected chi connectivity index (χ3v) is 5.67. The Balaban J connectivity index is 2.05. The van der Waals surface area contributed by atoms with Crippen LogP contribution in [0.5, 0.6) is 5.75 Å². The van der Waals surface area contributed by atoms with Gasteiger partial charge in [0.25, 0.3) is 0 Å². The Morgan fingerprint density at radius 3 is 2.43 bits per heavy atom. The number of thioether (sulfide) groups is 1. The van der Waals surface area contributed by atoms with Crippen molar-refractivity contribution >= 4 is 40.9 Å². The number of nitrogens with one attached hydrogen (secondary N) is 2. The topological polar surface area (TPSA) is 116 Å². The van der Waals surface area contributed by atoms with Crippen molar-refractivity contribution in [3.05, 3.63) is 48.0 Å². The number of aromatic hydroxyl groups is 1. The van der Waals surface area contributed by atoms with E-state index in [-0.39, 0.29) is 23.1 Å². The number of hydrogen-bond donors (Lipinski definition) is 4. The van der Waals surface area contributed by atoms with Crippen LogP contribution < -0.4 is 10.6 Å². The highest BCUT2D eigenvalue weighted by Gasteiger charge is 2.19. The van der Waals surface area contributed by atoms with E-state index in [1.165, 1.54) is 30.0 Å². The monoisotopic (exact) mass is 430 g/mol. The average Bonchev–Trinajstić information content (AvgIpc) is 2.71. The third-order valence-electron chi connectivity index (χ3n) is 4.31. The molecule has 0 saturated carbocycles. The van der Waals surface area contributed by atoms with Gasteiger partial charge in [0.1, 0.15) is 11.3 Å². The van der Waals surface area contributed by atoms with E-state index in [0.717, 1.165) is 17.7 Å². The summed E-state index contributed by atoms with van der Waals surface area (Å²) in [5.41, 5.74) is 0.701. The maximum Gasteiger partial charge on any atom is 0.339 e. The highest BCUT2D eigenvalue weighted by Crippen LogP contribution is 2.29. The van der Waals surface area contributed by atoms with Crippen LogP contribution in [0.1, 0.15) is 49.9 Å². The molecule has 30 heavy (non-hydrogen) atoms. The summed E-state index contributed by atoms with van der Waals surface area (Å²) < 4.78 is 0. The van der Waals surface area contributed by atoms with E-state index in [4.69, 9.17) is 5.11 Å². The fourth-order valence-electron chi connectivity index (χ4n) is 2.70. The van der Waals surface area contributed by atoms with E-state index in [2.05, 4.69) is 10.6 Å². The van der Waals surface area contributed by atoms with Gasteiger partial charge in [-0.05, 0) is 49.2 Å². The van der Waals surface area contributed by atoms with Gasteiger partial charge < -0.3 is 20.8 Å². The molecular formula is C22H26N2O5S. The van der Waals surface area contributed by atoms with Crippen molar-refractivity contribution in [1.82, 2.24) is 0 Å². The molecule has 0 aliphatic carbocycles. The number of carbonyl (C=O) groups excluding carboxylic acids is 2. The molecule has 2 rings (SSSR count). The van der Waals surface area contributed by atoms with Crippen molar-refractivity contribution < 1.29 is 24.6 Å². The third kappa shape index (κ3) is 6.81. The number of carboxylic acid groups (broad SMARTS) is 1. The maximum absolute atomic E-state index is 12.7. The number of benzene rings is 2. The molecule has 4 N–H and O–H groups in total. The minimum Gasteiger partial charge on any atom is -0.507 e. The molecule has 0 saturated heterocycles. The van der Waals surface area contributed by atoms with Gasteiger partial charge >= 0.3 is 5.97 Å². The molecule has 2 amide bonds. The van der Waals surface area contributed by atoms with Gasteiger partial charge in [-0.15, -0.1) is 11.8 Å². The summed E-state index contributed by atoms with van der Waals surface area (Å²) in [7, 11) is 0. The number of phenols is 1. The number of carboxylic acids is 1. The number of rotatable bonds is 10. The van der Waals surface area contributed by atoms with Gasteiger partial charge in [-0.1, -0.05) is 26.3 Å². The number of aromatic carboxylic acids is 1. The normalized spacial score (nSPS) is 11.5. The minimum absolute atomic E-state index is 0.0367. The number of unbranched alkanes of at least 4 members (excludes halogenated alkanes) is 1. The van der Waals surface area contributed by atoms with Crippen LogP contribution in [0.3, 0.4) is 0 Å². The summed E-state index contributed by atoms with van der Waals surface area (Å²) in [4.78, 5) is 36.6. The minimum atomic E-state index is -1.28. The molecule has 0 aromatic heterocycles. The summed E-state index contributed by atoms with van der Waals surface area (Å²) in [6.45, 7) is 3.91. The molecular weight excluding hydrogens is 404 g/mol. The van der Waals surface area contributed by atoms with Crippen LogP contribution in [0.25, 0.3) is 0 Å². The molecule has 0 aliphatic rings. The number of carbonyl (C=O) groups is 3. The van der Waals surface area contributed by atoms with Crippen molar-refractivity contribution in [2.24, 2.45) is 0 Å². The molecule has 0 aliphatic heterocycles. The van der Waals surface area contributed by atoms with E-state index in [1.807, 2.05) is 32.0 Å². The SMILES string of the molecule is CCCCC(=O)Nc1cccc(SC(CC)C(=O)Nc2ccc(O)c(C(=O)O)c2)c1. The summed E-state index contributed by atoms with van der Waals surface area (Å²) >= 11 is 1.36. The van der Waals surface area contributed by atoms with Gasteiger partial charge in [0.15, 0.2) is 0 Å². The van der Waals surface area contributed by atoms with Gasteiger partial charge in [0, 0.05) is 22.7 Å². The van der Waals surface area contributed by atoms with Crippen LogP contribution in [0, 0.1) is 0 Å². The van der Waals surface area contributed by atoms with E-state index >= 15 is 0 Å². The highest BCUT2D eigenvalue weighted by molar-refractivity contribution is 8.00. The second-order valence-electron chi connectivity index (χ2n) is 6.72. The lowest BCUT2D eigenvalue weighted by atomic mass is 10.1. The zero-order chi connectivity index (χ0) is 22.1. The second kappa shape index (κ2) is 11.3. The Labute approximate surface area is 179 Å². The number of anilines is 2. The van der Waals surface area contributed by atoms with Crippen LogP contribution in [-0.4, -0.2) is 33.2 Å². The lowest BCUT2D eigenvalue weighted by molar-refractivity contribution is -0.116. The Kier molecular flexibility index (Phi) is 8.73. The van der Waals surface area contributed by atoms with Gasteiger partial charge in [0.2, 0.25) is 11.8 Å². The second-order valence-corrected chi connectivity index (χ2v) is 8.00. The Morgan fingerprint density at radius 2 is 1.77 bits per heavy atom. The Bertz CT molecular complexity index is 916. The predicted molar refractivity (Wildman–Crippen MR) is 118 cm³/mol. The summed E-state index contributed by atoms with van der Waals surface area (Å²) in [6, 6.07) is 11.2. The van der Waals surface area contributed by atoms with Crippen LogP contribution in [0.2, 0.25) is 0 Å². The highest BCUT2D eigenvalue weighted by atomic mass is 32.2. The zero-order valence-corrected chi connectivity index (χ0v) is 17.8. The summed E-state index contributed by atoms with van der Waals surface area (Å²) in [5, 5.41) is 23.9. The van der Waals surface area contributed by atoms with Crippen molar-refractivity contribution in [2.45, 2.75) is 49.7 Å². The lowest BCUT2D eigenvalue weighted by Gasteiger charge is -2.16. The molecule has 160 valence electrons. The van der Waals surface area contributed by atoms with Crippen LogP contribution in [-0.2, 0) is 9.59 Å². The van der Waals surface area contributed by atoms with Crippen molar-refractivity contribution in [2.75, 3.05) is 10.6 Å². The first-order valence-electron chi connectivity index (χ1n) is 9.77. The fourth-order valence-corrected chi connectivity index (χ4v) is 3.72. The largest absolute Gasteiger partial charge is 0.507 e. The van der Waals surface area contributed by atoms with Crippen molar-refractivity contribution in [3.8, 4) is 5.75 Å². The zero-order valence-electron chi connectivity index (χ0n) is 17.0. The molecule has 2 aromatic rings. The first-order valence-corrected chi connectivity index (χ1v) is 10.7. The quantitative estimate of drug-likeness (QED) is 0.320. The Morgan fingerprint density at radius 1 is 1.03 bits per heavy atom. The molecule has 0 heterocycles. The van der Waals surface area contributed by atoms with Crippen molar-refractivity contribution in [1.29, 1.82) is 0 Å². The van der Waals surface area contributed by atoms with E-state index in [9.17, 15) is 19.5 Å². The molecule has 0 fully saturated rings. The molecule has 2 aromatic carbocycles. The van der Waals surface area contributed by atoms with Crippen LogP contribution >= 0.6 is 11.8 Å². The standard InChI is InChI=1S/C22H26N2O5S/c1-3-5-9-20(26)23-14-7-6-8-16(12-14)30-19(4-2)21(27)24-15-10-11-18(25)17(13-15)22(28)29/h6-8,10-13,19,25H,3-5,9H2,1-2H3,(H,23,26)(H,24,27)(H,28,29). The number of amides is 2.